The number of β-amino-alcohol motifs (C(OH)–C–C–N with tert-alkyl or cyclic N) is 1. The van der Waals surface area contributed by atoms with Crippen LogP contribution in [-0.4, -0.2) is 70.9 Å². The number of hydrogen-bond acceptors (Lipinski definition) is 5. The molecule has 2 bridgehead atoms. The summed E-state index contributed by atoms with van der Waals surface area (Å²) in [6.07, 6.45) is -2.51. The zero-order valence-corrected chi connectivity index (χ0v) is 23.7. The monoisotopic (exact) mass is 601 g/mol. The van der Waals surface area contributed by atoms with Gasteiger partial charge in [0.15, 0.2) is 0 Å². The lowest BCUT2D eigenvalue weighted by Crippen LogP contribution is -2.76. The fourth-order valence-corrected chi connectivity index (χ4v) is 6.21. The number of nitrogens with one attached hydrogen (secondary N) is 1. The second-order valence-corrected chi connectivity index (χ2v) is 11.5. The molecular weight excluding hydrogens is 564 g/mol. The maximum atomic E-state index is 13.5. The molecule has 2 N–H and O–H groups in total. The summed E-state index contributed by atoms with van der Waals surface area (Å²) >= 11 is 0. The average Bonchev–Trinajstić information content (AvgIpc) is 3.30. The van der Waals surface area contributed by atoms with Crippen molar-refractivity contribution in [3.63, 3.8) is 0 Å². The number of aliphatic hydroxyl groups is 1. The maximum absolute atomic E-state index is 13.5. The van der Waals surface area contributed by atoms with Gasteiger partial charge in [-0.25, -0.2) is 0 Å². The Morgan fingerprint density at radius 3 is 2.40 bits per heavy atom. The van der Waals surface area contributed by atoms with Crippen molar-refractivity contribution in [3.8, 4) is 0 Å². The summed E-state index contributed by atoms with van der Waals surface area (Å²) in [5.41, 5.74) is -3.92. The van der Waals surface area contributed by atoms with Crippen molar-refractivity contribution in [2.75, 3.05) is 32.8 Å². The summed E-state index contributed by atoms with van der Waals surface area (Å²) in [7, 11) is 0. The van der Waals surface area contributed by atoms with E-state index in [0.717, 1.165) is 6.42 Å². The van der Waals surface area contributed by atoms with Crippen LogP contribution in [0.15, 0.2) is 54.7 Å². The van der Waals surface area contributed by atoms with Gasteiger partial charge >= 0.3 is 12.4 Å². The second kappa shape index (κ2) is 12.1. The Balaban J connectivity index is 1.63. The quantitative estimate of drug-likeness (QED) is 0.285. The first-order valence-corrected chi connectivity index (χ1v) is 14.0. The van der Waals surface area contributed by atoms with Gasteiger partial charge in [-0.15, -0.1) is 0 Å². The smallest absolute Gasteiger partial charge is 0.377 e. The van der Waals surface area contributed by atoms with Gasteiger partial charge in [0.05, 0.1) is 34.9 Å². The van der Waals surface area contributed by atoms with Crippen molar-refractivity contribution in [2.24, 2.45) is 0 Å². The minimum absolute atomic E-state index is 0.0600. The van der Waals surface area contributed by atoms with Gasteiger partial charge in [0.25, 0.3) is 0 Å². The number of amides is 1. The van der Waals surface area contributed by atoms with E-state index < -0.39 is 46.9 Å². The molecule has 3 heterocycles. The number of carbonyl (C=O) groups excluding carboxylic acids is 1. The molecule has 0 radical (unpaired) electrons. The average molecular weight is 602 g/mol. The first-order valence-electron chi connectivity index (χ1n) is 14.0. The molecule has 3 aliphatic heterocycles. The van der Waals surface area contributed by atoms with E-state index in [1.807, 2.05) is 24.0 Å². The minimum Gasteiger partial charge on any atom is -0.377 e. The fraction of sp³-hybridized carbons (Fsp3) is 0.567. The van der Waals surface area contributed by atoms with Crippen LogP contribution >= 0.6 is 0 Å². The lowest BCUT2D eigenvalue weighted by Gasteiger charge is -2.59. The first-order chi connectivity index (χ1) is 19.6. The number of fused-ring (bicyclic) bond motifs is 2. The normalized spacial score (nSPS) is 29.5. The molecule has 0 aromatic heterocycles. The standard InChI is InChI=1S/C30H37F6N3O3/c1-4-5-6-8-20(2)28(11-10-27(17-38-12-7-9-26(38)41)18-39(28)16-25(40)37-27)19-42-21(3)22-13-23(29(31,32)33)15-24(14-22)30(34,35)36/h4-6,8,13-15,21,25,37,40H,2,7,9-12,16-19H2,1,3H3/b5-4-,8-6-/t21-,25?,27+,28-/m1/s1. The van der Waals surface area contributed by atoms with Gasteiger partial charge in [0, 0.05) is 32.6 Å². The van der Waals surface area contributed by atoms with Gasteiger partial charge in [-0.1, -0.05) is 30.9 Å². The van der Waals surface area contributed by atoms with Gasteiger partial charge < -0.3 is 14.7 Å². The number of hydrogen-bond donors (Lipinski definition) is 2. The van der Waals surface area contributed by atoms with Gasteiger partial charge in [-0.3, -0.25) is 15.0 Å². The molecule has 5 atom stereocenters. The molecule has 42 heavy (non-hydrogen) atoms. The summed E-state index contributed by atoms with van der Waals surface area (Å²) in [5.74, 6) is 0.0600. The molecule has 232 valence electrons. The highest BCUT2D eigenvalue weighted by atomic mass is 19.4. The van der Waals surface area contributed by atoms with E-state index in [-0.39, 0.29) is 30.7 Å². The largest absolute Gasteiger partial charge is 0.416 e. The third-order valence-electron chi connectivity index (χ3n) is 8.50. The molecule has 1 aromatic rings. The van der Waals surface area contributed by atoms with Crippen molar-refractivity contribution >= 4 is 5.91 Å². The molecule has 6 nitrogen and oxygen atoms in total. The van der Waals surface area contributed by atoms with Crippen LogP contribution in [0.25, 0.3) is 0 Å². The van der Waals surface area contributed by atoms with Crippen LogP contribution < -0.4 is 5.32 Å². The second-order valence-electron chi connectivity index (χ2n) is 11.5. The van der Waals surface area contributed by atoms with E-state index in [2.05, 4.69) is 11.9 Å². The van der Waals surface area contributed by atoms with Crippen LogP contribution in [0.2, 0.25) is 0 Å². The minimum atomic E-state index is -4.97. The Kier molecular flexibility index (Phi) is 9.32. The van der Waals surface area contributed by atoms with Gasteiger partial charge in [0.1, 0.15) is 6.23 Å². The van der Waals surface area contributed by atoms with E-state index in [1.54, 1.807) is 17.1 Å². The zero-order valence-electron chi connectivity index (χ0n) is 23.7. The van der Waals surface area contributed by atoms with Crippen LogP contribution in [-0.2, 0) is 21.9 Å². The van der Waals surface area contributed by atoms with E-state index in [0.29, 0.717) is 56.6 Å². The van der Waals surface area contributed by atoms with Crippen molar-refractivity contribution < 1.29 is 41.0 Å². The summed E-state index contributed by atoms with van der Waals surface area (Å²) < 4.78 is 87.0. The highest BCUT2D eigenvalue weighted by molar-refractivity contribution is 5.78. The number of piperidine rings is 1. The van der Waals surface area contributed by atoms with E-state index >= 15 is 0 Å². The van der Waals surface area contributed by atoms with Crippen molar-refractivity contribution in [3.05, 3.63) is 71.3 Å². The molecule has 4 rings (SSSR count). The summed E-state index contributed by atoms with van der Waals surface area (Å²) in [6, 6.07) is 1.46. The number of allylic oxidation sites excluding steroid dienone is 3. The van der Waals surface area contributed by atoms with E-state index in [9.17, 15) is 36.2 Å². The predicted octanol–water partition coefficient (Wildman–Crippen LogP) is 5.61. The Labute approximate surface area is 241 Å². The van der Waals surface area contributed by atoms with Crippen molar-refractivity contribution in [1.82, 2.24) is 15.1 Å². The van der Waals surface area contributed by atoms with E-state index in [4.69, 9.17) is 4.74 Å². The molecule has 1 aromatic carbocycles. The number of rotatable bonds is 9. The number of aliphatic hydroxyl groups excluding tert-OH is 1. The highest BCUT2D eigenvalue weighted by Gasteiger charge is 2.54. The van der Waals surface area contributed by atoms with Crippen LogP contribution in [0.3, 0.4) is 0 Å². The van der Waals surface area contributed by atoms with Crippen LogP contribution in [0, 0.1) is 0 Å². The summed E-state index contributed by atoms with van der Waals surface area (Å²) in [6.45, 7) is 9.12. The van der Waals surface area contributed by atoms with E-state index in [1.165, 1.54) is 6.92 Å². The van der Waals surface area contributed by atoms with Crippen LogP contribution in [0.4, 0.5) is 26.3 Å². The molecule has 1 amide bonds. The molecule has 0 aliphatic carbocycles. The third kappa shape index (κ3) is 6.93. The topological polar surface area (TPSA) is 65.0 Å². The molecule has 0 spiro atoms. The Morgan fingerprint density at radius 2 is 1.83 bits per heavy atom. The molecule has 3 fully saturated rings. The Hall–Kier alpha value is -2.67. The van der Waals surface area contributed by atoms with Crippen molar-refractivity contribution in [1.29, 1.82) is 0 Å². The number of alkyl halides is 6. The maximum Gasteiger partial charge on any atom is 0.416 e. The molecular formula is C30H37F6N3O3. The number of halogens is 6. The van der Waals surface area contributed by atoms with Crippen LogP contribution in [0.1, 0.15) is 62.3 Å². The number of nitrogens with zero attached hydrogens (tertiary/aromatic N) is 2. The van der Waals surface area contributed by atoms with Gasteiger partial charge in [0.2, 0.25) is 5.91 Å². The molecule has 0 saturated carbocycles. The predicted molar refractivity (Wildman–Crippen MR) is 145 cm³/mol. The lowest BCUT2D eigenvalue weighted by molar-refractivity contribution is -0.143. The molecule has 2 unspecified atom stereocenters. The number of ether oxygens (including phenoxy) is 1. The molecule has 12 heteroatoms. The summed E-state index contributed by atoms with van der Waals surface area (Å²) in [5, 5.41) is 14.1. The first kappa shape index (κ1) is 32.2. The van der Waals surface area contributed by atoms with Crippen molar-refractivity contribution in [2.45, 2.75) is 75.3 Å². The summed E-state index contributed by atoms with van der Waals surface area (Å²) in [4.78, 5) is 16.2. The van der Waals surface area contributed by atoms with Crippen LogP contribution in [0.5, 0.6) is 0 Å². The number of piperazine rings is 1. The fourth-order valence-electron chi connectivity index (χ4n) is 6.21. The highest BCUT2D eigenvalue weighted by Crippen LogP contribution is 2.43. The van der Waals surface area contributed by atoms with Gasteiger partial charge in [-0.2, -0.15) is 26.3 Å². The number of likely N-dealkylation sites (tertiary alicyclic amines) is 1. The Bertz CT molecular complexity index is 1200. The molecule has 3 saturated heterocycles. The lowest BCUT2D eigenvalue weighted by atomic mass is 9.72. The third-order valence-corrected chi connectivity index (χ3v) is 8.50. The Morgan fingerprint density at radius 1 is 1.17 bits per heavy atom. The number of benzene rings is 1. The zero-order chi connectivity index (χ0) is 30.9. The van der Waals surface area contributed by atoms with Gasteiger partial charge in [-0.05, 0) is 62.4 Å². The number of carbonyl (C=O) groups is 1. The molecule has 3 aliphatic rings. The SMILES string of the molecule is C=C(/C=C\C=C/C)[C@]1(CO[C@H](C)c2cc(C(F)(F)F)cc(C(F)(F)F)c2)CC[C@]2(CN3CCCC3=O)CN1CC(O)N2.